The molecule has 0 spiro atoms. The van der Waals surface area contributed by atoms with E-state index < -0.39 is 0 Å². The Hall–Kier alpha value is -1.36. The van der Waals surface area contributed by atoms with Crippen LogP contribution in [0.4, 0.5) is 11.6 Å². The maximum absolute atomic E-state index is 10.3. The molecule has 1 heterocycles. The molecule has 0 saturated heterocycles. The summed E-state index contributed by atoms with van der Waals surface area (Å²) in [6.45, 7) is 5.09. The van der Waals surface area contributed by atoms with Crippen LogP contribution in [0.5, 0.6) is 0 Å². The van der Waals surface area contributed by atoms with Crippen molar-refractivity contribution in [1.29, 1.82) is 0 Å². The molecule has 1 aromatic rings. The van der Waals surface area contributed by atoms with Crippen LogP contribution in [0.3, 0.4) is 0 Å². The molecule has 1 fully saturated rings. The summed E-state index contributed by atoms with van der Waals surface area (Å²) < 4.78 is 0. The molecule has 1 saturated carbocycles. The molecule has 5 heteroatoms. The van der Waals surface area contributed by atoms with E-state index in [-0.39, 0.29) is 12.1 Å². The van der Waals surface area contributed by atoms with Crippen LogP contribution in [0.1, 0.15) is 51.5 Å². The number of anilines is 2. The van der Waals surface area contributed by atoms with Gasteiger partial charge in [0.25, 0.3) is 0 Å². The lowest BCUT2D eigenvalue weighted by Gasteiger charge is -2.36. The summed E-state index contributed by atoms with van der Waals surface area (Å²) in [5, 5.41) is 13.6. The van der Waals surface area contributed by atoms with Crippen LogP contribution >= 0.6 is 0 Å². The summed E-state index contributed by atoms with van der Waals surface area (Å²) in [6.07, 6.45) is 7.60. The van der Waals surface area contributed by atoms with Crippen molar-refractivity contribution < 1.29 is 5.11 Å². The Morgan fingerprint density at radius 1 is 1.29 bits per heavy atom. The maximum Gasteiger partial charge on any atom is 0.137 e. The van der Waals surface area contributed by atoms with Crippen molar-refractivity contribution in [2.24, 2.45) is 0 Å². The van der Waals surface area contributed by atoms with Crippen LogP contribution in [0.2, 0.25) is 0 Å². The van der Waals surface area contributed by atoms with Gasteiger partial charge in [-0.1, -0.05) is 26.2 Å². The molecule has 2 N–H and O–H groups in total. The van der Waals surface area contributed by atoms with Crippen LogP contribution in [0.25, 0.3) is 0 Å². The number of aromatic nitrogens is 2. The maximum atomic E-state index is 10.3. The third-order valence-corrected chi connectivity index (χ3v) is 4.29. The van der Waals surface area contributed by atoms with Gasteiger partial charge >= 0.3 is 0 Å². The number of hydrogen-bond donors (Lipinski definition) is 2. The van der Waals surface area contributed by atoms with Gasteiger partial charge in [0.2, 0.25) is 0 Å². The van der Waals surface area contributed by atoms with Crippen molar-refractivity contribution >= 4 is 11.6 Å². The molecular formula is C16H28N4O. The quantitative estimate of drug-likeness (QED) is 0.844. The van der Waals surface area contributed by atoms with E-state index in [1.165, 1.54) is 12.0 Å². The molecule has 2 unspecified atom stereocenters. The SMILES string of the molecule is CCCc1c(NCC)ncnc1N(C)C1CCCCC1O. The molecule has 21 heavy (non-hydrogen) atoms. The highest BCUT2D eigenvalue weighted by Crippen LogP contribution is 2.30. The summed E-state index contributed by atoms with van der Waals surface area (Å²) in [5.74, 6) is 1.90. The van der Waals surface area contributed by atoms with Crippen LogP contribution in [-0.2, 0) is 6.42 Å². The normalized spacial score (nSPS) is 22.1. The topological polar surface area (TPSA) is 61.3 Å². The number of aliphatic hydroxyl groups excluding tert-OH is 1. The fourth-order valence-electron chi connectivity index (χ4n) is 3.21. The summed E-state index contributed by atoms with van der Waals surface area (Å²) in [7, 11) is 2.05. The third-order valence-electron chi connectivity index (χ3n) is 4.29. The zero-order valence-corrected chi connectivity index (χ0v) is 13.5. The average Bonchev–Trinajstić information content (AvgIpc) is 2.49. The van der Waals surface area contributed by atoms with E-state index in [0.717, 1.165) is 50.3 Å². The fraction of sp³-hybridized carbons (Fsp3) is 0.750. The minimum atomic E-state index is -0.254. The molecule has 2 atom stereocenters. The van der Waals surface area contributed by atoms with Gasteiger partial charge < -0.3 is 15.3 Å². The smallest absolute Gasteiger partial charge is 0.137 e. The molecular weight excluding hydrogens is 264 g/mol. The van der Waals surface area contributed by atoms with E-state index in [1.807, 2.05) is 0 Å². The second-order valence-electron chi connectivity index (χ2n) is 5.83. The van der Waals surface area contributed by atoms with Gasteiger partial charge in [-0.25, -0.2) is 9.97 Å². The Kier molecular flexibility index (Phi) is 5.79. The minimum absolute atomic E-state index is 0.165. The van der Waals surface area contributed by atoms with Gasteiger partial charge in [-0.3, -0.25) is 0 Å². The van der Waals surface area contributed by atoms with Crippen molar-refractivity contribution in [3.05, 3.63) is 11.9 Å². The molecule has 118 valence electrons. The molecule has 0 amide bonds. The predicted molar refractivity (Wildman–Crippen MR) is 86.9 cm³/mol. The number of nitrogens with zero attached hydrogens (tertiary/aromatic N) is 3. The average molecular weight is 292 g/mol. The van der Waals surface area contributed by atoms with Crippen molar-refractivity contribution in [2.75, 3.05) is 23.8 Å². The second kappa shape index (κ2) is 7.59. The van der Waals surface area contributed by atoms with E-state index in [2.05, 4.69) is 41.1 Å². The number of hydrogen-bond acceptors (Lipinski definition) is 5. The van der Waals surface area contributed by atoms with Gasteiger partial charge in [-0.15, -0.1) is 0 Å². The third kappa shape index (κ3) is 3.64. The van der Waals surface area contributed by atoms with Crippen LogP contribution in [0.15, 0.2) is 6.33 Å². The number of nitrogens with one attached hydrogen (secondary N) is 1. The first-order valence-electron chi connectivity index (χ1n) is 8.17. The van der Waals surface area contributed by atoms with Crippen LogP contribution in [0, 0.1) is 0 Å². The van der Waals surface area contributed by atoms with Gasteiger partial charge in [-0.05, 0) is 26.2 Å². The monoisotopic (exact) mass is 292 g/mol. The van der Waals surface area contributed by atoms with Gasteiger partial charge in [0.1, 0.15) is 18.0 Å². The van der Waals surface area contributed by atoms with Crippen molar-refractivity contribution in [2.45, 2.75) is 64.5 Å². The van der Waals surface area contributed by atoms with Gasteiger partial charge in [0.05, 0.1) is 12.1 Å². The van der Waals surface area contributed by atoms with Gasteiger partial charge in [0.15, 0.2) is 0 Å². The summed E-state index contributed by atoms with van der Waals surface area (Å²) in [5.41, 5.74) is 1.17. The lowest BCUT2D eigenvalue weighted by atomic mass is 9.91. The molecule has 2 rings (SSSR count). The highest BCUT2D eigenvalue weighted by Gasteiger charge is 2.29. The number of aliphatic hydroxyl groups is 1. The second-order valence-corrected chi connectivity index (χ2v) is 5.83. The first-order chi connectivity index (χ1) is 10.2. The first-order valence-corrected chi connectivity index (χ1v) is 8.17. The highest BCUT2D eigenvalue weighted by atomic mass is 16.3. The summed E-state index contributed by atoms with van der Waals surface area (Å²) in [4.78, 5) is 11.1. The van der Waals surface area contributed by atoms with Crippen LogP contribution in [-0.4, -0.2) is 40.8 Å². The zero-order chi connectivity index (χ0) is 15.2. The summed E-state index contributed by atoms with van der Waals surface area (Å²) in [6, 6.07) is 0.165. The largest absolute Gasteiger partial charge is 0.391 e. The summed E-state index contributed by atoms with van der Waals surface area (Å²) >= 11 is 0. The van der Waals surface area contributed by atoms with E-state index in [1.54, 1.807) is 6.33 Å². The van der Waals surface area contributed by atoms with Crippen molar-refractivity contribution in [3.8, 4) is 0 Å². The molecule has 1 aliphatic carbocycles. The van der Waals surface area contributed by atoms with Crippen molar-refractivity contribution in [3.63, 3.8) is 0 Å². The zero-order valence-electron chi connectivity index (χ0n) is 13.5. The predicted octanol–water partition coefficient (Wildman–Crippen LogP) is 2.60. The van der Waals surface area contributed by atoms with E-state index in [0.29, 0.717) is 0 Å². The van der Waals surface area contributed by atoms with Crippen molar-refractivity contribution in [1.82, 2.24) is 9.97 Å². The van der Waals surface area contributed by atoms with E-state index in [9.17, 15) is 5.11 Å². The lowest BCUT2D eigenvalue weighted by Crippen LogP contribution is -2.44. The Labute approximate surface area is 127 Å². The molecule has 0 radical (unpaired) electrons. The van der Waals surface area contributed by atoms with E-state index >= 15 is 0 Å². The molecule has 1 aliphatic rings. The molecule has 0 aliphatic heterocycles. The minimum Gasteiger partial charge on any atom is -0.391 e. The lowest BCUT2D eigenvalue weighted by molar-refractivity contribution is 0.106. The molecule has 0 bridgehead atoms. The number of likely N-dealkylation sites (N-methyl/N-ethyl adjacent to an activating group) is 1. The van der Waals surface area contributed by atoms with Gasteiger partial charge in [0, 0.05) is 19.2 Å². The molecule has 1 aromatic heterocycles. The van der Waals surface area contributed by atoms with E-state index in [4.69, 9.17) is 0 Å². The molecule has 5 nitrogen and oxygen atoms in total. The standard InChI is InChI=1S/C16H28N4O/c1-4-8-12-15(17-5-2)18-11-19-16(12)20(3)13-9-6-7-10-14(13)21/h11,13-14,21H,4-10H2,1-3H3,(H,17,18,19). The Balaban J connectivity index is 2.30. The Morgan fingerprint density at radius 2 is 2.05 bits per heavy atom. The fourth-order valence-corrected chi connectivity index (χ4v) is 3.21. The Morgan fingerprint density at radius 3 is 2.71 bits per heavy atom. The van der Waals surface area contributed by atoms with Crippen LogP contribution < -0.4 is 10.2 Å². The first kappa shape index (κ1) is 16.0. The number of rotatable bonds is 6. The molecule has 0 aromatic carbocycles. The Bertz CT molecular complexity index is 452. The van der Waals surface area contributed by atoms with Gasteiger partial charge in [-0.2, -0.15) is 0 Å². The highest BCUT2D eigenvalue weighted by molar-refractivity contribution is 5.59.